The highest BCUT2D eigenvalue weighted by Crippen LogP contribution is 2.14. The summed E-state index contributed by atoms with van der Waals surface area (Å²) in [5.41, 5.74) is 1.95. The van der Waals surface area contributed by atoms with Gasteiger partial charge >= 0.3 is 12.1 Å². The summed E-state index contributed by atoms with van der Waals surface area (Å²) in [7, 11) is 1.29. The average molecular weight is 440 g/mol. The summed E-state index contributed by atoms with van der Waals surface area (Å²) in [6.07, 6.45) is -0.681. The Morgan fingerprint density at radius 2 is 1.66 bits per heavy atom. The minimum absolute atomic E-state index is 0.101. The van der Waals surface area contributed by atoms with Crippen LogP contribution in [0.3, 0.4) is 0 Å². The number of alkyl carbamates (subject to hydrolysis) is 1. The maximum atomic E-state index is 13.2. The number of methoxy groups -OCH3 is 1. The van der Waals surface area contributed by atoms with Crippen LogP contribution < -0.4 is 5.32 Å². The van der Waals surface area contributed by atoms with Crippen LogP contribution >= 0.6 is 0 Å². The van der Waals surface area contributed by atoms with Crippen LogP contribution in [0.25, 0.3) is 0 Å². The lowest BCUT2D eigenvalue weighted by atomic mass is 10.2. The predicted octanol–water partition coefficient (Wildman–Crippen LogP) is 2.19. The van der Waals surface area contributed by atoms with Crippen molar-refractivity contribution in [1.29, 1.82) is 0 Å². The van der Waals surface area contributed by atoms with Crippen molar-refractivity contribution in [3.8, 4) is 0 Å². The zero-order valence-electron chi connectivity index (χ0n) is 18.4. The van der Waals surface area contributed by atoms with Crippen molar-refractivity contribution in [2.45, 2.75) is 32.2 Å². The van der Waals surface area contributed by atoms with Crippen molar-refractivity contribution in [3.63, 3.8) is 0 Å². The van der Waals surface area contributed by atoms with Gasteiger partial charge in [0.15, 0.2) is 0 Å². The van der Waals surface area contributed by atoms with Gasteiger partial charge < -0.3 is 19.7 Å². The highest BCUT2D eigenvalue weighted by molar-refractivity contribution is 5.90. The van der Waals surface area contributed by atoms with E-state index in [2.05, 4.69) is 10.2 Å². The van der Waals surface area contributed by atoms with Gasteiger partial charge in [0.2, 0.25) is 5.91 Å². The Bertz CT molecular complexity index is 906. The van der Waals surface area contributed by atoms with Crippen LogP contribution in [-0.2, 0) is 32.2 Å². The molecular weight excluding hydrogens is 410 g/mol. The molecule has 2 aromatic rings. The molecule has 1 saturated heterocycles. The van der Waals surface area contributed by atoms with Crippen molar-refractivity contribution in [1.82, 2.24) is 15.1 Å². The molecular formula is C24H29N3O5. The predicted molar refractivity (Wildman–Crippen MR) is 118 cm³/mol. The van der Waals surface area contributed by atoms with E-state index >= 15 is 0 Å². The summed E-state index contributed by atoms with van der Waals surface area (Å²) in [5, 5.41) is 2.69. The Morgan fingerprint density at radius 1 is 1.03 bits per heavy atom. The number of rotatable bonds is 7. The Kier molecular flexibility index (Phi) is 8.21. The maximum Gasteiger partial charge on any atom is 0.408 e. The van der Waals surface area contributed by atoms with Gasteiger partial charge in [-0.05, 0) is 18.1 Å². The van der Waals surface area contributed by atoms with E-state index in [0.29, 0.717) is 26.2 Å². The van der Waals surface area contributed by atoms with E-state index in [4.69, 9.17) is 9.47 Å². The van der Waals surface area contributed by atoms with Crippen LogP contribution in [0, 0.1) is 0 Å². The standard InChI is InChI=1S/C24H29N3O5/c1-18(23(29)31-2)27-14-13-26(15-19-9-5-3-6-10-19)16-21(22(27)28)25-24(30)32-17-20-11-7-4-8-12-20/h3-12,18,21H,13-17H2,1-2H3,(H,25,30). The number of nitrogens with zero attached hydrogens (tertiary/aromatic N) is 2. The molecule has 0 aromatic heterocycles. The molecule has 1 aliphatic rings. The highest BCUT2D eigenvalue weighted by Gasteiger charge is 2.36. The number of hydrogen-bond acceptors (Lipinski definition) is 6. The molecule has 8 nitrogen and oxygen atoms in total. The van der Waals surface area contributed by atoms with Crippen LogP contribution in [-0.4, -0.2) is 66.6 Å². The second-order valence-electron chi connectivity index (χ2n) is 7.71. The molecule has 2 aromatic carbocycles. The summed E-state index contributed by atoms with van der Waals surface area (Å²) in [4.78, 5) is 41.3. The molecule has 0 radical (unpaired) electrons. The quantitative estimate of drug-likeness (QED) is 0.666. The molecule has 2 amide bonds. The Hall–Kier alpha value is -3.39. The van der Waals surface area contributed by atoms with E-state index < -0.39 is 24.1 Å². The summed E-state index contributed by atoms with van der Waals surface area (Å²) in [6, 6.07) is 17.6. The molecule has 1 N–H and O–H groups in total. The molecule has 2 atom stereocenters. The average Bonchev–Trinajstić information content (AvgIpc) is 2.96. The Morgan fingerprint density at radius 3 is 2.28 bits per heavy atom. The zero-order valence-corrected chi connectivity index (χ0v) is 18.4. The SMILES string of the molecule is COC(=O)C(C)N1CCN(Cc2ccccc2)CC(NC(=O)OCc2ccccc2)C1=O. The summed E-state index contributed by atoms with van der Waals surface area (Å²) < 4.78 is 10.1. The highest BCUT2D eigenvalue weighted by atomic mass is 16.5. The van der Waals surface area contributed by atoms with Gasteiger partial charge in [0.25, 0.3) is 0 Å². The van der Waals surface area contributed by atoms with Gasteiger partial charge in [-0.2, -0.15) is 0 Å². The lowest BCUT2D eigenvalue weighted by Gasteiger charge is -2.28. The largest absolute Gasteiger partial charge is 0.467 e. The molecule has 8 heteroatoms. The second-order valence-corrected chi connectivity index (χ2v) is 7.71. The number of ether oxygens (including phenoxy) is 2. The fourth-order valence-electron chi connectivity index (χ4n) is 3.67. The molecule has 0 spiro atoms. The molecule has 0 aliphatic carbocycles. The first-order valence-electron chi connectivity index (χ1n) is 10.6. The molecule has 170 valence electrons. The minimum atomic E-state index is -0.850. The number of esters is 1. The third-order valence-electron chi connectivity index (χ3n) is 5.44. The minimum Gasteiger partial charge on any atom is -0.467 e. The van der Waals surface area contributed by atoms with Crippen LogP contribution in [0.5, 0.6) is 0 Å². The summed E-state index contributed by atoms with van der Waals surface area (Å²) in [6.45, 7) is 3.55. The third kappa shape index (κ3) is 6.31. The summed E-state index contributed by atoms with van der Waals surface area (Å²) in [5.74, 6) is -0.838. The fourth-order valence-corrected chi connectivity index (χ4v) is 3.67. The van der Waals surface area contributed by atoms with Crippen molar-refractivity contribution >= 4 is 18.0 Å². The van der Waals surface area contributed by atoms with E-state index in [9.17, 15) is 14.4 Å². The molecule has 1 heterocycles. The van der Waals surface area contributed by atoms with E-state index in [1.807, 2.05) is 60.7 Å². The van der Waals surface area contributed by atoms with E-state index in [-0.39, 0.29) is 12.5 Å². The zero-order chi connectivity index (χ0) is 22.9. The second kappa shape index (κ2) is 11.3. The maximum absolute atomic E-state index is 13.2. The van der Waals surface area contributed by atoms with E-state index in [1.165, 1.54) is 12.0 Å². The lowest BCUT2D eigenvalue weighted by Crippen LogP contribution is -2.54. The molecule has 3 rings (SSSR count). The van der Waals surface area contributed by atoms with Gasteiger partial charge in [0, 0.05) is 26.2 Å². The van der Waals surface area contributed by atoms with Crippen molar-refractivity contribution in [3.05, 3.63) is 71.8 Å². The first kappa shape index (κ1) is 23.3. The van der Waals surface area contributed by atoms with Gasteiger partial charge in [-0.3, -0.25) is 9.69 Å². The monoisotopic (exact) mass is 439 g/mol. The number of hydrogen-bond donors (Lipinski definition) is 1. The normalized spacial score (nSPS) is 17.9. The first-order chi connectivity index (χ1) is 15.5. The number of nitrogens with one attached hydrogen (secondary N) is 1. The third-order valence-corrected chi connectivity index (χ3v) is 5.44. The van der Waals surface area contributed by atoms with Crippen LogP contribution in [0.4, 0.5) is 4.79 Å². The molecule has 32 heavy (non-hydrogen) atoms. The number of amides is 2. The lowest BCUT2D eigenvalue weighted by molar-refractivity contribution is -0.152. The van der Waals surface area contributed by atoms with Gasteiger partial charge in [-0.1, -0.05) is 60.7 Å². The van der Waals surface area contributed by atoms with Crippen molar-refractivity contribution in [2.75, 3.05) is 26.7 Å². The molecule has 1 aliphatic heterocycles. The number of carbonyl (C=O) groups is 3. The Labute approximate surface area is 188 Å². The van der Waals surface area contributed by atoms with Crippen LogP contribution in [0.1, 0.15) is 18.1 Å². The van der Waals surface area contributed by atoms with Gasteiger partial charge in [0.05, 0.1) is 7.11 Å². The van der Waals surface area contributed by atoms with Gasteiger partial charge in [-0.25, -0.2) is 9.59 Å². The van der Waals surface area contributed by atoms with Crippen molar-refractivity contribution in [2.24, 2.45) is 0 Å². The molecule has 0 bridgehead atoms. The van der Waals surface area contributed by atoms with Crippen LogP contribution in [0.15, 0.2) is 60.7 Å². The van der Waals surface area contributed by atoms with Gasteiger partial charge in [0.1, 0.15) is 18.7 Å². The first-order valence-corrected chi connectivity index (χ1v) is 10.6. The van der Waals surface area contributed by atoms with Crippen molar-refractivity contribution < 1.29 is 23.9 Å². The van der Waals surface area contributed by atoms with E-state index in [1.54, 1.807) is 6.92 Å². The van der Waals surface area contributed by atoms with Gasteiger partial charge in [-0.15, -0.1) is 0 Å². The Balaban J connectivity index is 1.71. The number of benzene rings is 2. The fraction of sp³-hybridized carbons (Fsp3) is 0.375. The molecule has 0 saturated carbocycles. The smallest absolute Gasteiger partial charge is 0.408 e. The van der Waals surface area contributed by atoms with Crippen LogP contribution in [0.2, 0.25) is 0 Å². The molecule has 2 unspecified atom stereocenters. The summed E-state index contributed by atoms with van der Waals surface area (Å²) >= 11 is 0. The molecule has 1 fully saturated rings. The number of carbonyl (C=O) groups excluding carboxylic acids is 3. The topological polar surface area (TPSA) is 88.2 Å². The van der Waals surface area contributed by atoms with E-state index in [0.717, 1.165) is 11.1 Å².